The molecular weight excluding hydrogens is 1040 g/mol. The molecule has 1 aliphatic rings. The number of rotatable bonds is 32. The Hall–Kier alpha value is -6.34. The van der Waals surface area contributed by atoms with Crippen LogP contribution in [0.25, 0.3) is 0 Å². The predicted molar refractivity (Wildman–Crippen MR) is 314 cm³/mol. The molecule has 426 valence electrons. The molecule has 0 N–H and O–H groups in total. The maximum absolute atomic E-state index is 9.65. The van der Waals surface area contributed by atoms with E-state index < -0.39 is 50.9 Å². The van der Waals surface area contributed by atoms with Crippen LogP contribution in [0.1, 0.15) is 73.1 Å². The van der Waals surface area contributed by atoms with Crippen LogP contribution in [-0.4, -0.2) is 94.2 Å². The van der Waals surface area contributed by atoms with E-state index in [0.29, 0.717) is 18.1 Å². The lowest BCUT2D eigenvalue weighted by Gasteiger charge is -2.47. The fourth-order valence-electron chi connectivity index (χ4n) is 9.93. The quantitative estimate of drug-likeness (QED) is 0.0226. The first-order valence-electron chi connectivity index (χ1n) is 27.8. The zero-order valence-corrected chi connectivity index (χ0v) is 48.3. The van der Waals surface area contributed by atoms with Crippen LogP contribution < -0.4 is 9.47 Å². The van der Waals surface area contributed by atoms with Gasteiger partial charge in [0.15, 0.2) is 6.29 Å². The van der Waals surface area contributed by atoms with E-state index in [4.69, 9.17) is 51.7 Å². The molecule has 0 saturated carbocycles. The molecular formula is C67H77N2O11P. The van der Waals surface area contributed by atoms with E-state index in [-0.39, 0.29) is 64.8 Å². The number of methoxy groups -OCH3 is 2. The van der Waals surface area contributed by atoms with Crippen molar-refractivity contribution in [3.8, 4) is 17.6 Å². The monoisotopic (exact) mass is 1120 g/mol. The minimum atomic E-state index is -1.73. The first-order chi connectivity index (χ1) is 39.7. The fraction of sp³-hybridized carbons (Fsp3) is 0.358. The van der Waals surface area contributed by atoms with Crippen molar-refractivity contribution in [3.63, 3.8) is 0 Å². The molecule has 13 nitrogen and oxygen atoms in total. The molecule has 1 saturated heterocycles. The fourth-order valence-corrected chi connectivity index (χ4v) is 11.6. The molecule has 0 aliphatic carbocycles. The molecule has 0 bridgehead atoms. The third-order valence-electron chi connectivity index (χ3n) is 13.9. The number of ether oxygens (including phenoxy) is 9. The molecule has 8 rings (SSSR count). The number of nitrogens with zero attached hydrogens (tertiary/aromatic N) is 2. The lowest BCUT2D eigenvalue weighted by molar-refractivity contribution is -0.340. The third-order valence-corrected chi connectivity index (χ3v) is 15.9. The van der Waals surface area contributed by atoms with Gasteiger partial charge in [-0.05, 0) is 90.9 Å². The number of hydrogen-bond acceptors (Lipinski definition) is 13. The minimum Gasteiger partial charge on any atom is -0.497 e. The molecule has 0 amide bonds. The highest BCUT2D eigenvalue weighted by molar-refractivity contribution is 7.44. The molecule has 7 atom stereocenters. The summed E-state index contributed by atoms with van der Waals surface area (Å²) >= 11 is 0. The minimum absolute atomic E-state index is 0.0196. The summed E-state index contributed by atoms with van der Waals surface area (Å²) in [6.07, 6.45) is -4.88. The van der Waals surface area contributed by atoms with Crippen molar-refractivity contribution in [3.05, 3.63) is 239 Å². The molecule has 1 aliphatic heterocycles. The highest BCUT2D eigenvalue weighted by atomic mass is 31.2. The van der Waals surface area contributed by atoms with Gasteiger partial charge in [0, 0.05) is 12.1 Å². The maximum Gasteiger partial charge on any atom is 0.259 e. The van der Waals surface area contributed by atoms with Gasteiger partial charge in [0.25, 0.3) is 8.53 Å². The second-order valence-corrected chi connectivity index (χ2v) is 21.7. The molecule has 0 aromatic heterocycles. The standard InChI is InChI=1S/C67H77N2O11P/c1-50(2)69(51(3)4)81(77-42-22-41-68)78-48-61(47-76-67(56-31-20-11-21-32-56,57-33-37-59(70-5)38-34-57)58-35-39-60(71-6)40-36-58)79-66-65(75-46-55-29-18-10-19-30-55)64(74-45-54-27-16-9-17-28-54)63(73-44-53-25-14-8-15-26-53)62(80-66)49-72-43-52-23-12-7-13-24-52/h7-21,23-40,50-51,61-66H,22,42-49H2,1-6H3/t61-,62+,63+,64-,65+,66-,81?/m0/s1. The first kappa shape index (κ1) is 60.7. The molecule has 7 aromatic carbocycles. The topological polar surface area (TPSA) is 129 Å². The van der Waals surface area contributed by atoms with Crippen LogP contribution in [0.2, 0.25) is 0 Å². The van der Waals surface area contributed by atoms with Gasteiger partial charge in [-0.1, -0.05) is 176 Å². The summed E-state index contributed by atoms with van der Waals surface area (Å²) in [5.41, 5.74) is 5.25. The van der Waals surface area contributed by atoms with Crippen LogP contribution in [0.15, 0.2) is 200 Å². The van der Waals surface area contributed by atoms with Gasteiger partial charge in [-0.15, -0.1) is 0 Å². The van der Waals surface area contributed by atoms with Crippen LogP contribution in [0.3, 0.4) is 0 Å². The van der Waals surface area contributed by atoms with Gasteiger partial charge in [0.1, 0.15) is 47.6 Å². The molecule has 81 heavy (non-hydrogen) atoms. The zero-order valence-electron chi connectivity index (χ0n) is 47.4. The highest BCUT2D eigenvalue weighted by Crippen LogP contribution is 2.47. The SMILES string of the molecule is COc1ccc(C(OC[C@@H](COP(OCCC#N)N(C(C)C)C(C)C)O[C@H]2O[C@H](COCc3ccccc3)[C@@H](OCc3ccccc3)[C@H](OCc3ccccc3)[C@H]2OCc2ccccc2)(c2ccccc2)c2ccc(OC)cc2)cc1. The van der Waals surface area contributed by atoms with Gasteiger partial charge in [-0.3, -0.25) is 0 Å². The van der Waals surface area contributed by atoms with E-state index >= 15 is 0 Å². The third kappa shape index (κ3) is 17.1. The van der Waals surface area contributed by atoms with Gasteiger partial charge in [0.2, 0.25) is 0 Å². The summed E-state index contributed by atoms with van der Waals surface area (Å²) in [4.78, 5) is 0. The second kappa shape index (κ2) is 31.8. The van der Waals surface area contributed by atoms with Gasteiger partial charge < -0.3 is 51.7 Å². The Bertz CT molecular complexity index is 2830. The summed E-state index contributed by atoms with van der Waals surface area (Å²) in [5, 5.41) is 9.65. The van der Waals surface area contributed by atoms with Crippen LogP contribution in [-0.2, 0) is 74.2 Å². The first-order valence-corrected chi connectivity index (χ1v) is 28.9. The van der Waals surface area contributed by atoms with Crippen molar-refractivity contribution in [2.45, 2.75) is 115 Å². The summed E-state index contributed by atoms with van der Waals surface area (Å²) in [6, 6.07) is 68.4. The van der Waals surface area contributed by atoms with Gasteiger partial charge in [-0.25, -0.2) is 4.67 Å². The lowest BCUT2D eigenvalue weighted by Crippen LogP contribution is -2.62. The highest BCUT2D eigenvalue weighted by Gasteiger charge is 2.50. The van der Waals surface area contributed by atoms with Crippen molar-refractivity contribution in [2.75, 3.05) is 40.6 Å². The largest absolute Gasteiger partial charge is 0.497 e. The maximum atomic E-state index is 9.65. The van der Waals surface area contributed by atoms with E-state index in [9.17, 15) is 5.26 Å². The van der Waals surface area contributed by atoms with E-state index in [1.54, 1.807) is 14.2 Å². The van der Waals surface area contributed by atoms with E-state index in [0.717, 1.165) is 38.9 Å². The smallest absolute Gasteiger partial charge is 0.259 e. The second-order valence-electron chi connectivity index (χ2n) is 20.2. The molecule has 1 fully saturated rings. The van der Waals surface area contributed by atoms with Crippen LogP contribution in [0, 0.1) is 11.3 Å². The summed E-state index contributed by atoms with van der Waals surface area (Å²) in [7, 11) is 1.57. The Labute approximate surface area is 480 Å². The molecule has 14 heteroatoms. The predicted octanol–water partition coefficient (Wildman–Crippen LogP) is 13.4. The normalized spacial score (nSPS) is 18.1. The molecule has 1 heterocycles. The molecule has 1 unspecified atom stereocenters. The zero-order chi connectivity index (χ0) is 56.7. The van der Waals surface area contributed by atoms with Crippen molar-refractivity contribution >= 4 is 8.53 Å². The molecule has 0 spiro atoms. The Kier molecular flexibility index (Phi) is 23.8. The van der Waals surface area contributed by atoms with Gasteiger partial charge >= 0.3 is 0 Å². The van der Waals surface area contributed by atoms with E-state index in [2.05, 4.69) is 50.6 Å². The number of benzene rings is 7. The Balaban J connectivity index is 1.25. The van der Waals surface area contributed by atoms with Crippen molar-refractivity contribution < 1.29 is 51.7 Å². The average molecular weight is 1120 g/mol. The molecule has 0 radical (unpaired) electrons. The lowest BCUT2D eigenvalue weighted by atomic mass is 9.80. The van der Waals surface area contributed by atoms with Crippen molar-refractivity contribution in [2.24, 2.45) is 0 Å². The van der Waals surface area contributed by atoms with Gasteiger partial charge in [-0.2, -0.15) is 5.26 Å². The number of nitriles is 1. The summed E-state index contributed by atoms with van der Waals surface area (Å²) in [5.74, 6) is 1.39. The summed E-state index contributed by atoms with van der Waals surface area (Å²) in [6.45, 7) is 9.75. The van der Waals surface area contributed by atoms with Crippen LogP contribution in [0.4, 0.5) is 0 Å². The molecule has 7 aromatic rings. The van der Waals surface area contributed by atoms with Crippen LogP contribution >= 0.6 is 8.53 Å². The summed E-state index contributed by atoms with van der Waals surface area (Å²) < 4.78 is 77.3. The Morgan fingerprint density at radius 2 is 0.951 bits per heavy atom. The van der Waals surface area contributed by atoms with E-state index in [1.807, 2.05) is 188 Å². The van der Waals surface area contributed by atoms with Crippen LogP contribution in [0.5, 0.6) is 11.5 Å². The van der Waals surface area contributed by atoms with Gasteiger partial charge in [0.05, 0.1) is 79.6 Å². The van der Waals surface area contributed by atoms with E-state index in [1.165, 1.54) is 0 Å². The van der Waals surface area contributed by atoms with Crippen molar-refractivity contribution in [1.29, 1.82) is 5.26 Å². The Morgan fingerprint density at radius 1 is 0.519 bits per heavy atom. The Morgan fingerprint density at radius 3 is 1.41 bits per heavy atom. The van der Waals surface area contributed by atoms with Crippen molar-refractivity contribution in [1.82, 2.24) is 4.67 Å². The average Bonchev–Trinajstić information content (AvgIpc) is 3.69. The number of hydrogen-bond donors (Lipinski definition) is 0.